The van der Waals surface area contributed by atoms with Gasteiger partial charge in [-0.3, -0.25) is 4.79 Å². The largest absolute Gasteiger partial charge is 0.390 e. The van der Waals surface area contributed by atoms with E-state index in [2.05, 4.69) is 39.0 Å². The van der Waals surface area contributed by atoms with Crippen LogP contribution < -0.4 is 0 Å². The summed E-state index contributed by atoms with van der Waals surface area (Å²) in [6.07, 6.45) is 12.1. The number of hydrogen-bond acceptors (Lipinski definition) is 3. The van der Waals surface area contributed by atoms with E-state index in [4.69, 9.17) is 4.74 Å². The average Bonchev–Trinajstić information content (AvgIpc) is 3.32. The number of hydrogen-bond donors (Lipinski definition) is 1. The molecule has 3 heteroatoms. The zero-order valence-corrected chi connectivity index (χ0v) is 17.8. The van der Waals surface area contributed by atoms with E-state index < -0.39 is 5.60 Å². The Hall–Kier alpha value is -1.19. The lowest BCUT2D eigenvalue weighted by Crippen LogP contribution is -2.50. The second-order valence-electron chi connectivity index (χ2n) is 9.39. The molecule has 7 unspecified atom stereocenters. The fraction of sp³-hybridized carbons (Fsp3) is 0.708. The predicted molar refractivity (Wildman–Crippen MR) is 109 cm³/mol. The van der Waals surface area contributed by atoms with Crippen molar-refractivity contribution in [1.29, 1.82) is 0 Å². The third-order valence-electron chi connectivity index (χ3n) is 7.40. The molecule has 3 aliphatic rings. The summed E-state index contributed by atoms with van der Waals surface area (Å²) >= 11 is 0. The number of fused-ring (bicyclic) bond motifs is 3. The van der Waals surface area contributed by atoms with Gasteiger partial charge in [0.25, 0.3) is 0 Å². The molecule has 3 nitrogen and oxygen atoms in total. The van der Waals surface area contributed by atoms with Crippen LogP contribution in [0.25, 0.3) is 0 Å². The molecule has 3 fully saturated rings. The Morgan fingerprint density at radius 2 is 1.96 bits per heavy atom. The Kier molecular flexibility index (Phi) is 5.58. The molecule has 0 bridgehead atoms. The molecule has 1 N–H and O–H groups in total. The Morgan fingerprint density at radius 1 is 1.26 bits per heavy atom. The molecule has 1 heterocycles. The number of carbonyl (C=O) groups excluding carboxylic acids is 1. The monoisotopic (exact) mass is 372 g/mol. The van der Waals surface area contributed by atoms with E-state index in [0.717, 1.165) is 24.8 Å². The van der Waals surface area contributed by atoms with Crippen molar-refractivity contribution in [2.45, 2.75) is 84.5 Å². The summed E-state index contributed by atoms with van der Waals surface area (Å²) in [6.45, 7) is 12.3. The van der Waals surface area contributed by atoms with Crippen molar-refractivity contribution in [3.63, 3.8) is 0 Å². The summed E-state index contributed by atoms with van der Waals surface area (Å²) in [4.78, 5) is 11.9. The van der Waals surface area contributed by atoms with Crippen LogP contribution in [-0.2, 0) is 9.53 Å². The summed E-state index contributed by atoms with van der Waals surface area (Å²) in [7, 11) is 0. The Morgan fingerprint density at radius 3 is 2.59 bits per heavy atom. The van der Waals surface area contributed by atoms with Gasteiger partial charge in [-0.15, -0.1) is 0 Å². The van der Waals surface area contributed by atoms with E-state index in [-0.39, 0.29) is 17.5 Å². The van der Waals surface area contributed by atoms with E-state index in [9.17, 15) is 9.90 Å². The van der Waals surface area contributed by atoms with E-state index in [1.165, 1.54) is 5.57 Å². The van der Waals surface area contributed by atoms with Crippen LogP contribution >= 0.6 is 0 Å². The van der Waals surface area contributed by atoms with Gasteiger partial charge in [0.2, 0.25) is 0 Å². The fourth-order valence-corrected chi connectivity index (χ4v) is 5.78. The summed E-state index contributed by atoms with van der Waals surface area (Å²) < 4.78 is 6.32. The first-order valence-electron chi connectivity index (χ1n) is 10.6. The second-order valence-corrected chi connectivity index (χ2v) is 9.39. The van der Waals surface area contributed by atoms with Crippen molar-refractivity contribution in [2.75, 3.05) is 0 Å². The van der Waals surface area contributed by atoms with Gasteiger partial charge in [0, 0.05) is 12.3 Å². The molecule has 7 atom stereocenters. The van der Waals surface area contributed by atoms with Crippen LogP contribution in [0.2, 0.25) is 0 Å². The topological polar surface area (TPSA) is 49.8 Å². The first-order chi connectivity index (χ1) is 12.6. The van der Waals surface area contributed by atoms with Gasteiger partial charge in [-0.2, -0.15) is 0 Å². The Balaban J connectivity index is 1.92. The fourth-order valence-electron chi connectivity index (χ4n) is 5.78. The second kappa shape index (κ2) is 7.33. The number of allylic oxidation sites excluding steroid dienone is 5. The van der Waals surface area contributed by atoms with E-state index in [1.54, 1.807) is 0 Å². The van der Waals surface area contributed by atoms with Gasteiger partial charge in [0.05, 0.1) is 17.3 Å². The highest BCUT2D eigenvalue weighted by atomic mass is 16.6. The van der Waals surface area contributed by atoms with E-state index >= 15 is 0 Å². The highest BCUT2D eigenvalue weighted by molar-refractivity contribution is 5.94. The van der Waals surface area contributed by atoms with Crippen LogP contribution in [0.1, 0.15) is 67.2 Å². The smallest absolute Gasteiger partial charge is 0.158 e. The third-order valence-corrected chi connectivity index (χ3v) is 7.40. The van der Waals surface area contributed by atoms with Gasteiger partial charge in [-0.1, -0.05) is 36.8 Å². The van der Waals surface area contributed by atoms with Crippen LogP contribution in [0, 0.1) is 23.7 Å². The summed E-state index contributed by atoms with van der Waals surface area (Å²) in [6, 6.07) is 0. The molecule has 150 valence electrons. The molecule has 1 aliphatic heterocycles. The molecule has 0 aromatic rings. The molecular formula is C24H36O3. The normalized spacial score (nSPS) is 44.8. The van der Waals surface area contributed by atoms with Crippen LogP contribution in [0.5, 0.6) is 0 Å². The highest BCUT2D eigenvalue weighted by Crippen LogP contribution is 2.64. The van der Waals surface area contributed by atoms with Gasteiger partial charge < -0.3 is 9.84 Å². The number of Topliss-reactive ketones (excluding diaryl/α,β-unsaturated/α-hetero) is 1. The Bertz CT molecular complexity index is 684. The quantitative estimate of drug-likeness (QED) is 0.320. The summed E-state index contributed by atoms with van der Waals surface area (Å²) in [5.74, 6) is 1.89. The van der Waals surface area contributed by atoms with Gasteiger partial charge in [-0.05, 0) is 77.2 Å². The number of carbonyl (C=O) groups is 1. The minimum Gasteiger partial charge on any atom is -0.390 e. The highest BCUT2D eigenvalue weighted by Gasteiger charge is 2.69. The molecule has 1 saturated heterocycles. The van der Waals surface area contributed by atoms with Crippen molar-refractivity contribution in [2.24, 2.45) is 23.7 Å². The number of ether oxygens (including phenoxy) is 1. The lowest BCUT2D eigenvalue weighted by Gasteiger charge is -2.48. The average molecular weight is 373 g/mol. The third kappa shape index (κ3) is 3.73. The first-order valence-corrected chi connectivity index (χ1v) is 10.6. The minimum absolute atomic E-state index is 0.127. The molecular weight excluding hydrogens is 336 g/mol. The number of ketones is 1. The Labute approximate surface area is 164 Å². The van der Waals surface area contributed by atoms with Crippen molar-refractivity contribution in [3.05, 3.63) is 35.5 Å². The molecule has 27 heavy (non-hydrogen) atoms. The molecule has 0 radical (unpaired) electrons. The standard InChI is InChI=1S/C24H36O3/c1-7-15(3)21-18(11-9-10-16(4)20(25)8-2)17-12-13-23(5,26)14-19(17)22-24(21,6)27-22/h7,9-11,17-19,21-22,26H,8,12-14H2,1-6H3/b11-9+,15-7+,16-10+. The van der Waals surface area contributed by atoms with Gasteiger partial charge >= 0.3 is 0 Å². The van der Waals surface area contributed by atoms with Gasteiger partial charge in [0.1, 0.15) is 0 Å². The van der Waals surface area contributed by atoms with Crippen molar-refractivity contribution < 1.29 is 14.6 Å². The lowest BCUT2D eigenvalue weighted by atomic mass is 9.55. The van der Waals surface area contributed by atoms with Crippen LogP contribution in [0.3, 0.4) is 0 Å². The first kappa shape index (κ1) is 20.5. The molecule has 0 spiro atoms. The zero-order valence-electron chi connectivity index (χ0n) is 17.8. The van der Waals surface area contributed by atoms with Crippen molar-refractivity contribution >= 4 is 5.78 Å². The summed E-state index contributed by atoms with van der Waals surface area (Å²) in [5.41, 5.74) is 1.50. The van der Waals surface area contributed by atoms with Crippen molar-refractivity contribution in [1.82, 2.24) is 0 Å². The maximum Gasteiger partial charge on any atom is 0.158 e. The summed E-state index contributed by atoms with van der Waals surface area (Å²) in [5, 5.41) is 10.6. The van der Waals surface area contributed by atoms with E-state index in [1.807, 2.05) is 26.8 Å². The molecule has 2 aliphatic carbocycles. The van der Waals surface area contributed by atoms with Crippen LogP contribution in [0.4, 0.5) is 0 Å². The SMILES string of the molecule is C/C=C(\C)C1C(/C=C/C=C(\C)C(=O)CC)C2CCC(C)(O)CC2C2OC21C. The molecule has 2 saturated carbocycles. The molecule has 0 aromatic carbocycles. The number of aliphatic hydroxyl groups is 1. The molecule has 3 rings (SSSR count). The zero-order chi connectivity index (χ0) is 20.0. The van der Waals surface area contributed by atoms with E-state index in [0.29, 0.717) is 30.1 Å². The van der Waals surface area contributed by atoms with Gasteiger partial charge in [-0.25, -0.2) is 0 Å². The van der Waals surface area contributed by atoms with Crippen molar-refractivity contribution in [3.8, 4) is 0 Å². The molecule has 0 amide bonds. The number of rotatable bonds is 5. The van der Waals surface area contributed by atoms with Gasteiger partial charge in [0.15, 0.2) is 5.78 Å². The maximum absolute atomic E-state index is 11.9. The predicted octanol–water partition coefficient (Wildman–Crippen LogP) is 5.01. The minimum atomic E-state index is -0.575. The maximum atomic E-state index is 11.9. The number of epoxide rings is 1. The molecule has 0 aromatic heterocycles. The van der Waals surface area contributed by atoms with Crippen LogP contribution in [0.15, 0.2) is 35.5 Å². The van der Waals surface area contributed by atoms with Crippen LogP contribution in [-0.4, -0.2) is 28.2 Å². The lowest BCUT2D eigenvalue weighted by molar-refractivity contribution is -0.115.